The second-order valence-electron chi connectivity index (χ2n) is 3.93. The van der Waals surface area contributed by atoms with E-state index < -0.39 is 4.92 Å². The fourth-order valence-corrected chi connectivity index (χ4v) is 1.52. The Hall–Kier alpha value is -2.76. The summed E-state index contributed by atoms with van der Waals surface area (Å²) in [5.41, 5.74) is 4.84. The molecule has 1 heterocycles. The minimum absolute atomic E-state index is 0.00233. The van der Waals surface area contributed by atoms with Gasteiger partial charge >= 0.3 is 0 Å². The third kappa shape index (κ3) is 3.35. The molecule has 6 heteroatoms. The van der Waals surface area contributed by atoms with E-state index >= 15 is 0 Å². The number of aryl methyl sites for hydroxylation is 1. The van der Waals surface area contributed by atoms with Gasteiger partial charge in [0.1, 0.15) is 5.69 Å². The summed E-state index contributed by atoms with van der Waals surface area (Å²) in [6, 6.07) is 8.41. The van der Waals surface area contributed by atoms with Gasteiger partial charge in [-0.2, -0.15) is 5.10 Å². The van der Waals surface area contributed by atoms with Crippen molar-refractivity contribution >= 4 is 17.6 Å². The monoisotopic (exact) mass is 256 g/mol. The zero-order valence-electron chi connectivity index (χ0n) is 10.3. The highest BCUT2D eigenvalue weighted by Crippen LogP contribution is 2.24. The van der Waals surface area contributed by atoms with Crippen molar-refractivity contribution in [2.75, 3.05) is 5.43 Å². The van der Waals surface area contributed by atoms with Crippen molar-refractivity contribution in [3.8, 4) is 0 Å². The van der Waals surface area contributed by atoms with Gasteiger partial charge in [0.05, 0.1) is 11.1 Å². The van der Waals surface area contributed by atoms with Crippen molar-refractivity contribution in [3.05, 3.63) is 64.0 Å². The van der Waals surface area contributed by atoms with Crippen LogP contribution in [0.3, 0.4) is 0 Å². The van der Waals surface area contributed by atoms with Crippen LogP contribution in [-0.4, -0.2) is 16.1 Å². The Morgan fingerprint density at radius 3 is 2.74 bits per heavy atom. The summed E-state index contributed by atoms with van der Waals surface area (Å²) in [5.74, 6) is 0. The molecule has 0 spiro atoms. The van der Waals surface area contributed by atoms with E-state index in [1.807, 2.05) is 6.92 Å². The van der Waals surface area contributed by atoms with Gasteiger partial charge < -0.3 is 0 Å². The first-order chi connectivity index (χ1) is 9.16. The molecule has 0 fully saturated rings. The zero-order valence-corrected chi connectivity index (χ0v) is 10.3. The van der Waals surface area contributed by atoms with Crippen LogP contribution in [0.1, 0.15) is 11.1 Å². The molecule has 0 bridgehead atoms. The Labute approximate surface area is 110 Å². The van der Waals surface area contributed by atoms with Gasteiger partial charge in [-0.25, -0.2) is 0 Å². The molecule has 96 valence electrons. The zero-order chi connectivity index (χ0) is 13.7. The van der Waals surface area contributed by atoms with E-state index in [1.54, 1.807) is 42.9 Å². The number of nitrogens with one attached hydrogen (secondary N) is 1. The van der Waals surface area contributed by atoms with Gasteiger partial charge in [0.2, 0.25) is 0 Å². The van der Waals surface area contributed by atoms with Gasteiger partial charge in [0.25, 0.3) is 5.69 Å². The topological polar surface area (TPSA) is 80.4 Å². The van der Waals surface area contributed by atoms with Crippen molar-refractivity contribution in [1.29, 1.82) is 0 Å². The molecule has 0 saturated carbocycles. The molecule has 0 aliphatic carbocycles. The standard InChI is InChI=1S/C13H12N4O2/c1-10-2-3-13(17(18)19)12(8-10)16-15-9-11-4-6-14-7-5-11/h2-9,16H,1H3/b15-9+. The summed E-state index contributed by atoms with van der Waals surface area (Å²) in [6.45, 7) is 1.86. The van der Waals surface area contributed by atoms with Crippen molar-refractivity contribution < 1.29 is 4.92 Å². The van der Waals surface area contributed by atoms with E-state index in [0.717, 1.165) is 11.1 Å². The molecule has 2 aromatic rings. The third-order valence-corrected chi connectivity index (χ3v) is 2.45. The molecule has 6 nitrogen and oxygen atoms in total. The molecule has 0 aliphatic rings. The Balaban J connectivity index is 2.17. The molecule has 0 aliphatic heterocycles. The Kier molecular flexibility index (Phi) is 3.82. The summed E-state index contributed by atoms with van der Waals surface area (Å²) < 4.78 is 0. The van der Waals surface area contributed by atoms with E-state index in [2.05, 4.69) is 15.5 Å². The number of benzene rings is 1. The fraction of sp³-hybridized carbons (Fsp3) is 0.0769. The first-order valence-electron chi connectivity index (χ1n) is 5.61. The molecule has 0 amide bonds. The summed E-state index contributed by atoms with van der Waals surface area (Å²) in [6.07, 6.45) is 4.88. The van der Waals surface area contributed by atoms with E-state index in [1.165, 1.54) is 6.07 Å². The predicted molar refractivity (Wildman–Crippen MR) is 73.3 cm³/mol. The van der Waals surface area contributed by atoms with Crippen LogP contribution < -0.4 is 5.43 Å². The summed E-state index contributed by atoms with van der Waals surface area (Å²) in [4.78, 5) is 14.3. The SMILES string of the molecule is Cc1ccc([N+](=O)[O-])c(N/N=C/c2ccncc2)c1. The molecule has 0 saturated heterocycles. The van der Waals surface area contributed by atoms with Crippen LogP contribution in [-0.2, 0) is 0 Å². The highest BCUT2D eigenvalue weighted by Gasteiger charge is 2.12. The maximum absolute atomic E-state index is 10.9. The quantitative estimate of drug-likeness (QED) is 0.518. The maximum Gasteiger partial charge on any atom is 0.294 e. The van der Waals surface area contributed by atoms with Crippen molar-refractivity contribution in [1.82, 2.24) is 4.98 Å². The lowest BCUT2D eigenvalue weighted by atomic mass is 10.2. The van der Waals surface area contributed by atoms with Crippen LogP contribution in [0, 0.1) is 17.0 Å². The second-order valence-corrected chi connectivity index (χ2v) is 3.93. The van der Waals surface area contributed by atoms with Gasteiger partial charge in [-0.05, 0) is 36.2 Å². The molecule has 0 atom stereocenters. The summed E-state index contributed by atoms with van der Waals surface area (Å²) in [7, 11) is 0. The smallest absolute Gasteiger partial charge is 0.272 e. The Morgan fingerprint density at radius 1 is 1.32 bits per heavy atom. The minimum atomic E-state index is -0.441. The molecular formula is C13H12N4O2. The Morgan fingerprint density at radius 2 is 2.05 bits per heavy atom. The van der Waals surface area contributed by atoms with Crippen LogP contribution in [0.4, 0.5) is 11.4 Å². The van der Waals surface area contributed by atoms with Crippen LogP contribution in [0.5, 0.6) is 0 Å². The molecule has 2 rings (SSSR count). The maximum atomic E-state index is 10.9. The highest BCUT2D eigenvalue weighted by atomic mass is 16.6. The van der Waals surface area contributed by atoms with Crippen LogP contribution >= 0.6 is 0 Å². The normalized spacial score (nSPS) is 10.6. The average Bonchev–Trinajstić information content (AvgIpc) is 2.39. The molecule has 0 unspecified atom stereocenters. The molecular weight excluding hydrogens is 244 g/mol. The third-order valence-electron chi connectivity index (χ3n) is 2.45. The van der Waals surface area contributed by atoms with Gasteiger partial charge in [-0.1, -0.05) is 6.07 Å². The molecule has 1 aromatic carbocycles. The summed E-state index contributed by atoms with van der Waals surface area (Å²) >= 11 is 0. The van der Waals surface area contributed by atoms with Crippen molar-refractivity contribution in [2.24, 2.45) is 5.10 Å². The van der Waals surface area contributed by atoms with Crippen LogP contribution in [0.15, 0.2) is 47.8 Å². The van der Waals surface area contributed by atoms with E-state index in [0.29, 0.717) is 5.69 Å². The van der Waals surface area contributed by atoms with Crippen molar-refractivity contribution in [2.45, 2.75) is 6.92 Å². The first-order valence-corrected chi connectivity index (χ1v) is 5.61. The van der Waals surface area contributed by atoms with Crippen molar-refractivity contribution in [3.63, 3.8) is 0 Å². The first kappa shape index (κ1) is 12.7. The lowest BCUT2D eigenvalue weighted by Gasteiger charge is -2.03. The highest BCUT2D eigenvalue weighted by molar-refractivity contribution is 5.80. The predicted octanol–water partition coefficient (Wildman–Crippen LogP) is 2.74. The number of hydrogen-bond donors (Lipinski definition) is 1. The van der Waals surface area contributed by atoms with E-state index in [-0.39, 0.29) is 5.69 Å². The van der Waals surface area contributed by atoms with Gasteiger partial charge in [0, 0.05) is 18.5 Å². The van der Waals surface area contributed by atoms with E-state index in [4.69, 9.17) is 0 Å². The average molecular weight is 256 g/mol. The summed E-state index contributed by atoms with van der Waals surface area (Å²) in [5, 5.41) is 14.9. The number of nitrogens with zero attached hydrogens (tertiary/aromatic N) is 3. The largest absolute Gasteiger partial charge is 0.294 e. The minimum Gasteiger partial charge on any atom is -0.272 e. The number of rotatable bonds is 4. The number of aromatic nitrogens is 1. The molecule has 1 aromatic heterocycles. The number of hydrogen-bond acceptors (Lipinski definition) is 5. The van der Waals surface area contributed by atoms with Gasteiger partial charge in [0.15, 0.2) is 0 Å². The lowest BCUT2D eigenvalue weighted by Crippen LogP contribution is -1.97. The fourth-order valence-electron chi connectivity index (χ4n) is 1.52. The molecule has 1 N–H and O–H groups in total. The number of hydrazone groups is 1. The second kappa shape index (κ2) is 5.72. The van der Waals surface area contributed by atoms with Crippen LogP contribution in [0.2, 0.25) is 0 Å². The Bertz CT molecular complexity index is 611. The number of anilines is 1. The number of nitro benzene ring substituents is 1. The molecule has 0 radical (unpaired) electrons. The number of nitro groups is 1. The number of pyridine rings is 1. The van der Waals surface area contributed by atoms with E-state index in [9.17, 15) is 10.1 Å². The lowest BCUT2D eigenvalue weighted by molar-refractivity contribution is -0.384. The van der Waals surface area contributed by atoms with Crippen LogP contribution in [0.25, 0.3) is 0 Å². The van der Waals surface area contributed by atoms with Gasteiger partial charge in [-0.3, -0.25) is 20.5 Å². The van der Waals surface area contributed by atoms with Gasteiger partial charge in [-0.15, -0.1) is 0 Å². The molecule has 19 heavy (non-hydrogen) atoms.